The van der Waals surface area contributed by atoms with Crippen molar-refractivity contribution < 1.29 is 9.90 Å². The van der Waals surface area contributed by atoms with Crippen LogP contribution in [-0.2, 0) is 4.79 Å². The van der Waals surface area contributed by atoms with Gasteiger partial charge in [0.15, 0.2) is 0 Å². The van der Waals surface area contributed by atoms with E-state index < -0.39 is 5.97 Å². The lowest BCUT2D eigenvalue weighted by molar-refractivity contribution is -0.136. The first-order valence-electron chi connectivity index (χ1n) is 3.63. The Morgan fingerprint density at radius 3 is 2.45 bits per heavy atom. The van der Waals surface area contributed by atoms with Crippen LogP contribution in [0.25, 0.3) is 0 Å². The van der Waals surface area contributed by atoms with Crippen molar-refractivity contribution in [2.24, 2.45) is 5.73 Å². The molecular weight excluding hydrogens is 162 g/mol. The molecule has 0 rings (SSSR count). The molecule has 2 unspecified atom stereocenters. The van der Waals surface area contributed by atoms with Gasteiger partial charge in [-0.05, 0) is 0 Å². The molecule has 0 amide bonds. The molecule has 0 fully saturated rings. The third-order valence-electron chi connectivity index (χ3n) is 1.26. The first-order valence-corrected chi connectivity index (χ1v) is 4.57. The second kappa shape index (κ2) is 5.43. The molecule has 0 radical (unpaired) electrons. The summed E-state index contributed by atoms with van der Waals surface area (Å²) in [6.07, 6.45) is 0.217. The van der Waals surface area contributed by atoms with E-state index >= 15 is 0 Å². The summed E-state index contributed by atoms with van der Waals surface area (Å²) in [6, 6.07) is 0. The number of hydrogen-bond acceptors (Lipinski definition) is 3. The van der Waals surface area contributed by atoms with E-state index in [1.165, 1.54) is 0 Å². The average molecular weight is 177 g/mol. The SMILES string of the molecule is CC(CN)SC(C)CC(=O)O. The average Bonchev–Trinajstić information content (AvgIpc) is 1.85. The highest BCUT2D eigenvalue weighted by Crippen LogP contribution is 2.18. The smallest absolute Gasteiger partial charge is 0.304 e. The van der Waals surface area contributed by atoms with E-state index in [9.17, 15) is 4.79 Å². The van der Waals surface area contributed by atoms with Gasteiger partial charge in [0, 0.05) is 17.0 Å². The van der Waals surface area contributed by atoms with Crippen molar-refractivity contribution >= 4 is 17.7 Å². The summed E-state index contributed by atoms with van der Waals surface area (Å²) < 4.78 is 0. The summed E-state index contributed by atoms with van der Waals surface area (Å²) >= 11 is 1.62. The molecule has 3 N–H and O–H groups in total. The maximum absolute atomic E-state index is 10.2. The predicted octanol–water partition coefficient (Wildman–Crippen LogP) is 0.930. The molecule has 0 aliphatic heterocycles. The largest absolute Gasteiger partial charge is 0.481 e. The van der Waals surface area contributed by atoms with Crippen molar-refractivity contribution in [2.75, 3.05) is 6.54 Å². The Labute approximate surface area is 71.3 Å². The first kappa shape index (κ1) is 10.8. The lowest BCUT2D eigenvalue weighted by atomic mass is 10.3. The number of nitrogens with two attached hydrogens (primary N) is 1. The maximum Gasteiger partial charge on any atom is 0.304 e. The van der Waals surface area contributed by atoms with E-state index in [4.69, 9.17) is 10.8 Å². The predicted molar refractivity (Wildman–Crippen MR) is 47.8 cm³/mol. The van der Waals surface area contributed by atoms with Crippen molar-refractivity contribution in [3.05, 3.63) is 0 Å². The number of thioether (sulfide) groups is 1. The fraction of sp³-hybridized carbons (Fsp3) is 0.857. The van der Waals surface area contributed by atoms with Crippen molar-refractivity contribution in [1.82, 2.24) is 0 Å². The van der Waals surface area contributed by atoms with Crippen LogP contribution in [0.5, 0.6) is 0 Å². The molecule has 0 aromatic heterocycles. The van der Waals surface area contributed by atoms with Gasteiger partial charge in [-0.25, -0.2) is 0 Å². The third-order valence-corrected chi connectivity index (χ3v) is 2.55. The van der Waals surface area contributed by atoms with Gasteiger partial charge in [0.25, 0.3) is 0 Å². The summed E-state index contributed by atoms with van der Waals surface area (Å²) in [5.41, 5.74) is 5.38. The Morgan fingerprint density at radius 1 is 1.55 bits per heavy atom. The van der Waals surface area contributed by atoms with Crippen LogP contribution in [0.1, 0.15) is 20.3 Å². The molecule has 0 aliphatic rings. The van der Waals surface area contributed by atoms with E-state index in [-0.39, 0.29) is 11.7 Å². The van der Waals surface area contributed by atoms with Gasteiger partial charge in [-0.2, -0.15) is 11.8 Å². The standard InChI is InChI=1S/C7H15NO2S/c1-5(3-7(9)10)11-6(2)4-8/h5-6H,3-4,8H2,1-2H3,(H,9,10). The fourth-order valence-electron chi connectivity index (χ4n) is 0.746. The maximum atomic E-state index is 10.2. The monoisotopic (exact) mass is 177 g/mol. The minimum absolute atomic E-state index is 0.158. The van der Waals surface area contributed by atoms with E-state index in [0.717, 1.165) is 0 Å². The number of hydrogen-bond donors (Lipinski definition) is 2. The van der Waals surface area contributed by atoms with Gasteiger partial charge in [0.2, 0.25) is 0 Å². The summed E-state index contributed by atoms with van der Waals surface area (Å²) in [5, 5.41) is 8.93. The molecule has 0 saturated carbocycles. The Balaban J connectivity index is 3.51. The number of carboxylic acids is 1. The van der Waals surface area contributed by atoms with Crippen LogP contribution in [0.3, 0.4) is 0 Å². The van der Waals surface area contributed by atoms with Gasteiger partial charge in [0.05, 0.1) is 6.42 Å². The van der Waals surface area contributed by atoms with Crippen LogP contribution in [0.15, 0.2) is 0 Å². The Morgan fingerprint density at radius 2 is 2.09 bits per heavy atom. The van der Waals surface area contributed by atoms with Crippen LogP contribution in [0.2, 0.25) is 0 Å². The zero-order valence-electron chi connectivity index (χ0n) is 6.91. The molecule has 0 aromatic carbocycles. The lowest BCUT2D eigenvalue weighted by Crippen LogP contribution is -2.17. The number of carbonyl (C=O) groups is 1. The minimum atomic E-state index is -0.741. The molecular formula is C7H15NO2S. The van der Waals surface area contributed by atoms with Crippen molar-refractivity contribution in [3.8, 4) is 0 Å². The molecule has 0 bridgehead atoms. The molecule has 0 aliphatic carbocycles. The Kier molecular flexibility index (Phi) is 5.32. The third kappa shape index (κ3) is 6.19. The van der Waals surface area contributed by atoms with E-state index in [2.05, 4.69) is 0 Å². The Hall–Kier alpha value is -0.220. The van der Waals surface area contributed by atoms with Crippen LogP contribution >= 0.6 is 11.8 Å². The second-order valence-electron chi connectivity index (χ2n) is 2.59. The summed E-state index contributed by atoms with van der Waals surface area (Å²) in [7, 11) is 0. The van der Waals surface area contributed by atoms with Gasteiger partial charge in [-0.1, -0.05) is 13.8 Å². The van der Waals surface area contributed by atoms with Crippen molar-refractivity contribution in [3.63, 3.8) is 0 Å². The summed E-state index contributed by atoms with van der Waals surface area (Å²) in [4.78, 5) is 10.2. The normalized spacial score (nSPS) is 15.9. The molecule has 3 nitrogen and oxygen atoms in total. The van der Waals surface area contributed by atoms with E-state index in [1.54, 1.807) is 11.8 Å². The minimum Gasteiger partial charge on any atom is -0.481 e. The first-order chi connectivity index (χ1) is 5.06. The van der Waals surface area contributed by atoms with E-state index in [0.29, 0.717) is 11.8 Å². The Bertz CT molecular complexity index is 130. The van der Waals surface area contributed by atoms with Gasteiger partial charge >= 0.3 is 5.97 Å². The van der Waals surface area contributed by atoms with Gasteiger partial charge in [0.1, 0.15) is 0 Å². The van der Waals surface area contributed by atoms with Crippen LogP contribution in [-0.4, -0.2) is 28.1 Å². The van der Waals surface area contributed by atoms with Crippen LogP contribution < -0.4 is 5.73 Å². The topological polar surface area (TPSA) is 63.3 Å². The van der Waals surface area contributed by atoms with E-state index in [1.807, 2.05) is 13.8 Å². The zero-order valence-corrected chi connectivity index (χ0v) is 7.73. The number of aliphatic carboxylic acids is 1. The summed E-state index contributed by atoms with van der Waals surface area (Å²) in [5.74, 6) is -0.741. The molecule has 0 spiro atoms. The number of carboxylic acid groups (broad SMARTS) is 1. The molecule has 0 aromatic rings. The molecule has 11 heavy (non-hydrogen) atoms. The van der Waals surface area contributed by atoms with Crippen LogP contribution in [0, 0.1) is 0 Å². The molecule has 0 heterocycles. The summed E-state index contributed by atoms with van der Waals surface area (Å²) in [6.45, 7) is 4.52. The number of rotatable bonds is 5. The highest BCUT2D eigenvalue weighted by atomic mass is 32.2. The van der Waals surface area contributed by atoms with Crippen molar-refractivity contribution in [1.29, 1.82) is 0 Å². The molecule has 0 saturated heterocycles. The van der Waals surface area contributed by atoms with Gasteiger partial charge in [-0.15, -0.1) is 0 Å². The zero-order chi connectivity index (χ0) is 8.85. The highest BCUT2D eigenvalue weighted by Gasteiger charge is 2.10. The van der Waals surface area contributed by atoms with Gasteiger partial charge < -0.3 is 10.8 Å². The highest BCUT2D eigenvalue weighted by molar-refractivity contribution is 8.00. The lowest BCUT2D eigenvalue weighted by Gasteiger charge is -2.12. The molecule has 4 heteroatoms. The van der Waals surface area contributed by atoms with Crippen molar-refractivity contribution in [2.45, 2.75) is 30.8 Å². The van der Waals surface area contributed by atoms with Crippen LogP contribution in [0.4, 0.5) is 0 Å². The van der Waals surface area contributed by atoms with Gasteiger partial charge in [-0.3, -0.25) is 4.79 Å². The molecule has 2 atom stereocenters. The second-order valence-corrected chi connectivity index (χ2v) is 4.47. The molecule has 66 valence electrons. The quantitative estimate of drug-likeness (QED) is 0.655. The fourth-order valence-corrected chi connectivity index (χ4v) is 1.89.